The van der Waals surface area contributed by atoms with Gasteiger partial charge in [-0.25, -0.2) is 4.79 Å². The number of aliphatic imine (C=N–C) groups is 1. The molecule has 1 aromatic rings. The minimum absolute atomic E-state index is 0.230. The summed E-state index contributed by atoms with van der Waals surface area (Å²) in [4.78, 5) is 14.3. The Morgan fingerprint density at radius 3 is 2.67 bits per heavy atom. The molecule has 1 aromatic carbocycles. The van der Waals surface area contributed by atoms with Gasteiger partial charge < -0.3 is 0 Å². The van der Waals surface area contributed by atoms with Crippen LogP contribution in [0.5, 0.6) is 0 Å². The van der Waals surface area contributed by atoms with Crippen LogP contribution in [-0.4, -0.2) is 6.08 Å². The molecule has 0 saturated heterocycles. The molecule has 1 aliphatic carbocycles. The normalized spacial score (nSPS) is 17.3. The van der Waals surface area contributed by atoms with Crippen LogP contribution in [0.3, 0.4) is 0 Å². The Morgan fingerprint density at radius 2 is 2.13 bits per heavy atom. The molecule has 1 saturated carbocycles. The average Bonchev–Trinajstić information content (AvgIpc) is 3.00. The molecule has 0 aromatic heterocycles. The zero-order valence-corrected chi connectivity index (χ0v) is 9.16. The van der Waals surface area contributed by atoms with E-state index in [0.29, 0.717) is 5.92 Å². The SMILES string of the molecule is CC(C)c1cccc(C2(N=C=O)CC2)c1. The van der Waals surface area contributed by atoms with Crippen LogP contribution < -0.4 is 0 Å². The third-order valence-corrected chi connectivity index (χ3v) is 3.07. The maximum Gasteiger partial charge on any atom is 0.235 e. The van der Waals surface area contributed by atoms with Gasteiger partial charge in [-0.3, -0.25) is 0 Å². The molecule has 0 bridgehead atoms. The fourth-order valence-corrected chi connectivity index (χ4v) is 1.86. The van der Waals surface area contributed by atoms with Gasteiger partial charge in [-0.15, -0.1) is 0 Å². The predicted octanol–water partition coefficient (Wildman–Crippen LogP) is 3.13. The maximum atomic E-state index is 10.4. The third kappa shape index (κ3) is 1.86. The van der Waals surface area contributed by atoms with Crippen LogP contribution in [0.25, 0.3) is 0 Å². The van der Waals surface area contributed by atoms with E-state index in [2.05, 4.69) is 37.0 Å². The van der Waals surface area contributed by atoms with Gasteiger partial charge in [-0.2, -0.15) is 4.99 Å². The van der Waals surface area contributed by atoms with Crippen molar-refractivity contribution in [1.82, 2.24) is 0 Å². The molecule has 0 heterocycles. The molecule has 0 atom stereocenters. The van der Waals surface area contributed by atoms with Crippen molar-refractivity contribution >= 4 is 6.08 Å². The summed E-state index contributed by atoms with van der Waals surface area (Å²) in [6.45, 7) is 4.34. The molecule has 0 aliphatic heterocycles. The van der Waals surface area contributed by atoms with Crippen LogP contribution in [-0.2, 0) is 10.3 Å². The van der Waals surface area contributed by atoms with Crippen molar-refractivity contribution in [3.8, 4) is 0 Å². The van der Waals surface area contributed by atoms with E-state index in [-0.39, 0.29) is 5.54 Å². The van der Waals surface area contributed by atoms with Crippen molar-refractivity contribution in [2.24, 2.45) is 4.99 Å². The van der Waals surface area contributed by atoms with Gasteiger partial charge in [0, 0.05) is 0 Å². The third-order valence-electron chi connectivity index (χ3n) is 3.07. The van der Waals surface area contributed by atoms with E-state index in [9.17, 15) is 4.79 Å². The first-order valence-electron chi connectivity index (χ1n) is 5.37. The van der Waals surface area contributed by atoms with Crippen LogP contribution in [0, 0.1) is 0 Å². The van der Waals surface area contributed by atoms with Crippen molar-refractivity contribution in [1.29, 1.82) is 0 Å². The lowest BCUT2D eigenvalue weighted by atomic mass is 9.97. The Bertz CT molecular complexity index is 412. The standard InChI is InChI=1S/C13H15NO/c1-10(2)11-4-3-5-12(8-11)13(6-7-13)14-9-15/h3-5,8,10H,6-7H2,1-2H3. The fraction of sp³-hybridized carbons (Fsp3) is 0.462. The van der Waals surface area contributed by atoms with Crippen LogP contribution >= 0.6 is 0 Å². The number of isocyanates is 1. The van der Waals surface area contributed by atoms with Crippen LogP contribution in [0.15, 0.2) is 29.3 Å². The van der Waals surface area contributed by atoms with E-state index in [1.807, 2.05) is 6.07 Å². The molecule has 78 valence electrons. The van der Waals surface area contributed by atoms with Gasteiger partial charge >= 0.3 is 0 Å². The summed E-state index contributed by atoms with van der Waals surface area (Å²) in [5.74, 6) is 0.515. The van der Waals surface area contributed by atoms with Crippen molar-refractivity contribution in [2.45, 2.75) is 38.1 Å². The highest BCUT2D eigenvalue weighted by molar-refractivity contribution is 5.42. The van der Waals surface area contributed by atoms with Crippen molar-refractivity contribution in [3.05, 3.63) is 35.4 Å². The molecule has 0 amide bonds. The van der Waals surface area contributed by atoms with Crippen molar-refractivity contribution in [2.75, 3.05) is 0 Å². The molecule has 0 N–H and O–H groups in total. The van der Waals surface area contributed by atoms with Crippen LogP contribution in [0.2, 0.25) is 0 Å². The highest BCUT2D eigenvalue weighted by Gasteiger charge is 2.44. The maximum absolute atomic E-state index is 10.4. The Hall–Kier alpha value is -1.40. The van der Waals surface area contributed by atoms with Gasteiger partial charge in [0.05, 0.1) is 5.54 Å². The van der Waals surface area contributed by atoms with Gasteiger partial charge in [0.15, 0.2) is 0 Å². The van der Waals surface area contributed by atoms with Gasteiger partial charge in [0.25, 0.3) is 0 Å². The number of rotatable bonds is 3. The highest BCUT2D eigenvalue weighted by Crippen LogP contribution is 2.49. The zero-order chi connectivity index (χ0) is 10.9. The molecule has 2 nitrogen and oxygen atoms in total. The Labute approximate surface area is 90.0 Å². The second-order valence-corrected chi connectivity index (χ2v) is 4.51. The summed E-state index contributed by atoms with van der Waals surface area (Å²) in [6.07, 6.45) is 3.64. The molecular weight excluding hydrogens is 186 g/mol. The lowest BCUT2D eigenvalue weighted by Crippen LogP contribution is -2.03. The molecule has 0 spiro atoms. The quantitative estimate of drug-likeness (QED) is 0.545. The Balaban J connectivity index is 2.37. The number of benzene rings is 1. The second-order valence-electron chi connectivity index (χ2n) is 4.51. The number of hydrogen-bond acceptors (Lipinski definition) is 2. The molecule has 2 rings (SSSR count). The Kier molecular flexibility index (Phi) is 2.45. The lowest BCUT2D eigenvalue weighted by Gasteiger charge is -2.11. The summed E-state index contributed by atoms with van der Waals surface area (Å²) >= 11 is 0. The van der Waals surface area contributed by atoms with E-state index in [1.54, 1.807) is 6.08 Å². The lowest BCUT2D eigenvalue weighted by molar-refractivity contribution is 0.556. The molecule has 1 aliphatic rings. The van der Waals surface area contributed by atoms with E-state index < -0.39 is 0 Å². The van der Waals surface area contributed by atoms with Gasteiger partial charge in [0.2, 0.25) is 6.08 Å². The monoisotopic (exact) mass is 201 g/mol. The predicted molar refractivity (Wildman–Crippen MR) is 59.6 cm³/mol. The summed E-state index contributed by atoms with van der Waals surface area (Å²) in [5.41, 5.74) is 2.24. The smallest absolute Gasteiger partial charge is 0.211 e. The number of carbonyl (C=O) groups excluding carboxylic acids is 1. The van der Waals surface area contributed by atoms with Crippen molar-refractivity contribution in [3.63, 3.8) is 0 Å². The van der Waals surface area contributed by atoms with Crippen molar-refractivity contribution < 1.29 is 4.79 Å². The molecule has 15 heavy (non-hydrogen) atoms. The van der Waals surface area contributed by atoms with Gasteiger partial charge in [-0.1, -0.05) is 38.1 Å². The van der Waals surface area contributed by atoms with Crippen LogP contribution in [0.4, 0.5) is 0 Å². The van der Waals surface area contributed by atoms with E-state index in [0.717, 1.165) is 18.4 Å². The molecular formula is C13H15NO. The highest BCUT2D eigenvalue weighted by atomic mass is 16.1. The Morgan fingerprint density at radius 1 is 1.40 bits per heavy atom. The first-order chi connectivity index (χ1) is 7.18. The van der Waals surface area contributed by atoms with E-state index >= 15 is 0 Å². The van der Waals surface area contributed by atoms with E-state index in [1.165, 1.54) is 5.56 Å². The fourth-order valence-electron chi connectivity index (χ4n) is 1.86. The van der Waals surface area contributed by atoms with Crippen LogP contribution in [0.1, 0.15) is 43.7 Å². The first kappa shape index (κ1) is 10.1. The molecule has 1 fully saturated rings. The number of hydrogen-bond donors (Lipinski definition) is 0. The molecule has 0 unspecified atom stereocenters. The summed E-state index contributed by atoms with van der Waals surface area (Å²) in [7, 11) is 0. The second kappa shape index (κ2) is 3.63. The zero-order valence-electron chi connectivity index (χ0n) is 9.16. The topological polar surface area (TPSA) is 29.4 Å². The minimum Gasteiger partial charge on any atom is -0.211 e. The molecule has 2 heteroatoms. The minimum atomic E-state index is -0.230. The summed E-state index contributed by atoms with van der Waals surface area (Å²) in [5, 5.41) is 0. The van der Waals surface area contributed by atoms with E-state index in [4.69, 9.17) is 0 Å². The van der Waals surface area contributed by atoms with Gasteiger partial charge in [-0.05, 0) is 29.9 Å². The molecule has 0 radical (unpaired) electrons. The largest absolute Gasteiger partial charge is 0.235 e. The number of nitrogens with zero attached hydrogens (tertiary/aromatic N) is 1. The first-order valence-corrected chi connectivity index (χ1v) is 5.37. The average molecular weight is 201 g/mol. The summed E-state index contributed by atoms with van der Waals surface area (Å²) < 4.78 is 0. The summed E-state index contributed by atoms with van der Waals surface area (Å²) in [6, 6.07) is 8.39. The van der Waals surface area contributed by atoms with Gasteiger partial charge in [0.1, 0.15) is 0 Å².